The molecule has 0 aromatic heterocycles. The third-order valence-corrected chi connectivity index (χ3v) is 4.37. The van der Waals surface area contributed by atoms with E-state index in [9.17, 15) is 0 Å². The lowest BCUT2D eigenvalue weighted by atomic mass is 9.83. The van der Waals surface area contributed by atoms with Gasteiger partial charge in [0.05, 0.1) is 6.61 Å². The number of hydrogen-bond donors (Lipinski definition) is 1. The van der Waals surface area contributed by atoms with Crippen molar-refractivity contribution in [3.63, 3.8) is 0 Å². The van der Waals surface area contributed by atoms with Crippen LogP contribution in [0.3, 0.4) is 0 Å². The van der Waals surface area contributed by atoms with Crippen LogP contribution < -0.4 is 5.73 Å². The number of likely N-dealkylation sites (tertiary alicyclic amines) is 1. The lowest BCUT2D eigenvalue weighted by Crippen LogP contribution is -2.56. The minimum Gasteiger partial charge on any atom is -0.381 e. The molecule has 2 fully saturated rings. The highest BCUT2D eigenvalue weighted by molar-refractivity contribution is 4.97. The first-order chi connectivity index (χ1) is 7.16. The summed E-state index contributed by atoms with van der Waals surface area (Å²) in [6.45, 7) is 9.66. The highest BCUT2D eigenvalue weighted by Crippen LogP contribution is 2.34. The van der Waals surface area contributed by atoms with Gasteiger partial charge >= 0.3 is 0 Å². The molecule has 3 nitrogen and oxygen atoms in total. The molecule has 0 bridgehead atoms. The van der Waals surface area contributed by atoms with Crippen LogP contribution in [0, 0.1) is 11.8 Å². The fraction of sp³-hybridized carbons (Fsp3) is 1.00. The van der Waals surface area contributed by atoms with Crippen LogP contribution in [0.2, 0.25) is 0 Å². The Labute approximate surface area is 93.0 Å². The third-order valence-electron chi connectivity index (χ3n) is 4.37. The zero-order valence-corrected chi connectivity index (χ0v) is 10.0. The summed E-state index contributed by atoms with van der Waals surface area (Å²) in [5, 5.41) is 0. The normalized spacial score (nSPS) is 37.0. The van der Waals surface area contributed by atoms with Crippen LogP contribution in [-0.4, -0.2) is 43.3 Å². The van der Waals surface area contributed by atoms with E-state index in [4.69, 9.17) is 10.5 Å². The molecule has 3 unspecified atom stereocenters. The molecule has 0 spiro atoms. The highest BCUT2D eigenvalue weighted by Gasteiger charge is 2.42. The molecular weight excluding hydrogens is 188 g/mol. The van der Waals surface area contributed by atoms with E-state index in [0.29, 0.717) is 5.92 Å². The van der Waals surface area contributed by atoms with Gasteiger partial charge in [-0.15, -0.1) is 0 Å². The van der Waals surface area contributed by atoms with Gasteiger partial charge in [0.1, 0.15) is 0 Å². The molecule has 0 aromatic carbocycles. The van der Waals surface area contributed by atoms with Crippen molar-refractivity contribution in [1.29, 1.82) is 0 Å². The van der Waals surface area contributed by atoms with E-state index < -0.39 is 0 Å². The molecule has 3 heteroatoms. The Morgan fingerprint density at radius 3 is 2.73 bits per heavy atom. The van der Waals surface area contributed by atoms with E-state index >= 15 is 0 Å². The van der Waals surface area contributed by atoms with Crippen molar-refractivity contribution < 1.29 is 4.74 Å². The molecule has 2 aliphatic heterocycles. The van der Waals surface area contributed by atoms with Crippen LogP contribution in [0.1, 0.15) is 26.7 Å². The number of nitrogens with zero attached hydrogens (tertiary/aromatic N) is 1. The maximum Gasteiger partial charge on any atom is 0.0513 e. The van der Waals surface area contributed by atoms with E-state index in [1.807, 2.05) is 0 Å². The van der Waals surface area contributed by atoms with Crippen LogP contribution >= 0.6 is 0 Å². The molecule has 2 saturated heterocycles. The minimum atomic E-state index is 0.168. The standard InChI is InChI=1S/C12H24N2O/c1-10-3-5-14(7-10)12(2,9-13)11-4-6-15-8-11/h10-11H,3-9,13H2,1-2H3. The summed E-state index contributed by atoms with van der Waals surface area (Å²) < 4.78 is 5.51. The Bertz CT molecular complexity index is 216. The lowest BCUT2D eigenvalue weighted by Gasteiger charge is -2.42. The quantitative estimate of drug-likeness (QED) is 0.761. The Balaban J connectivity index is 2.06. The molecule has 0 aliphatic carbocycles. The summed E-state index contributed by atoms with van der Waals surface area (Å²) in [4.78, 5) is 2.59. The molecule has 3 atom stereocenters. The zero-order valence-electron chi connectivity index (χ0n) is 10.0. The van der Waals surface area contributed by atoms with Gasteiger partial charge in [-0.3, -0.25) is 4.90 Å². The average Bonchev–Trinajstić information content (AvgIpc) is 2.87. The van der Waals surface area contributed by atoms with Crippen LogP contribution in [0.15, 0.2) is 0 Å². The summed E-state index contributed by atoms with van der Waals surface area (Å²) >= 11 is 0. The van der Waals surface area contributed by atoms with Crippen molar-refractivity contribution in [2.24, 2.45) is 17.6 Å². The summed E-state index contributed by atoms with van der Waals surface area (Å²) in [7, 11) is 0. The minimum absolute atomic E-state index is 0.168. The molecule has 2 heterocycles. The molecular formula is C12H24N2O. The fourth-order valence-corrected chi connectivity index (χ4v) is 2.98. The van der Waals surface area contributed by atoms with Crippen LogP contribution in [0.4, 0.5) is 0 Å². The first-order valence-electron chi connectivity index (χ1n) is 6.19. The number of ether oxygens (including phenoxy) is 1. The van der Waals surface area contributed by atoms with Gasteiger partial charge in [-0.1, -0.05) is 6.92 Å². The largest absolute Gasteiger partial charge is 0.381 e. The van der Waals surface area contributed by atoms with Crippen molar-refractivity contribution in [2.75, 3.05) is 32.8 Å². The maximum atomic E-state index is 6.01. The first-order valence-corrected chi connectivity index (χ1v) is 6.19. The van der Waals surface area contributed by atoms with Crippen molar-refractivity contribution in [3.8, 4) is 0 Å². The predicted octanol–water partition coefficient (Wildman–Crippen LogP) is 1.08. The topological polar surface area (TPSA) is 38.5 Å². The summed E-state index contributed by atoms with van der Waals surface area (Å²) in [5.41, 5.74) is 6.18. The van der Waals surface area contributed by atoms with Crippen LogP contribution in [0.5, 0.6) is 0 Å². The fourth-order valence-electron chi connectivity index (χ4n) is 2.98. The van der Waals surface area contributed by atoms with E-state index in [-0.39, 0.29) is 5.54 Å². The van der Waals surface area contributed by atoms with E-state index in [1.165, 1.54) is 25.9 Å². The SMILES string of the molecule is CC1CCN(C(C)(CN)C2CCOC2)C1. The zero-order chi connectivity index (χ0) is 10.9. The molecule has 2 rings (SSSR count). The second-order valence-corrected chi connectivity index (χ2v) is 5.46. The van der Waals surface area contributed by atoms with E-state index in [2.05, 4.69) is 18.7 Å². The second-order valence-electron chi connectivity index (χ2n) is 5.46. The molecule has 15 heavy (non-hydrogen) atoms. The van der Waals surface area contributed by atoms with Crippen molar-refractivity contribution in [3.05, 3.63) is 0 Å². The number of rotatable bonds is 3. The molecule has 0 radical (unpaired) electrons. The Morgan fingerprint density at radius 2 is 2.27 bits per heavy atom. The Hall–Kier alpha value is -0.120. The van der Waals surface area contributed by atoms with E-state index in [0.717, 1.165) is 25.7 Å². The highest BCUT2D eigenvalue weighted by atomic mass is 16.5. The van der Waals surface area contributed by atoms with Gasteiger partial charge in [0, 0.05) is 31.2 Å². The van der Waals surface area contributed by atoms with Crippen molar-refractivity contribution in [1.82, 2.24) is 4.90 Å². The van der Waals surface area contributed by atoms with Gasteiger partial charge in [-0.05, 0) is 32.2 Å². The molecule has 0 amide bonds. The smallest absolute Gasteiger partial charge is 0.0513 e. The Kier molecular flexibility index (Phi) is 3.33. The second kappa shape index (κ2) is 4.40. The van der Waals surface area contributed by atoms with Crippen molar-refractivity contribution in [2.45, 2.75) is 32.2 Å². The van der Waals surface area contributed by atoms with E-state index in [1.54, 1.807) is 0 Å². The van der Waals surface area contributed by atoms with Gasteiger partial charge in [0.15, 0.2) is 0 Å². The van der Waals surface area contributed by atoms with Crippen LogP contribution in [-0.2, 0) is 4.74 Å². The monoisotopic (exact) mass is 212 g/mol. The number of nitrogens with two attached hydrogens (primary N) is 1. The van der Waals surface area contributed by atoms with Crippen molar-refractivity contribution >= 4 is 0 Å². The molecule has 2 aliphatic rings. The molecule has 88 valence electrons. The molecule has 2 N–H and O–H groups in total. The molecule has 0 aromatic rings. The number of hydrogen-bond acceptors (Lipinski definition) is 3. The van der Waals surface area contributed by atoms with Gasteiger partial charge < -0.3 is 10.5 Å². The lowest BCUT2D eigenvalue weighted by molar-refractivity contribution is 0.0625. The van der Waals surface area contributed by atoms with Gasteiger partial charge in [-0.25, -0.2) is 0 Å². The maximum absolute atomic E-state index is 6.01. The summed E-state index contributed by atoms with van der Waals surface area (Å²) in [5.74, 6) is 1.46. The first kappa shape index (κ1) is 11.4. The summed E-state index contributed by atoms with van der Waals surface area (Å²) in [6.07, 6.45) is 2.50. The third kappa shape index (κ3) is 2.05. The van der Waals surface area contributed by atoms with Gasteiger partial charge in [-0.2, -0.15) is 0 Å². The Morgan fingerprint density at radius 1 is 1.47 bits per heavy atom. The molecule has 0 saturated carbocycles. The average molecular weight is 212 g/mol. The predicted molar refractivity (Wildman–Crippen MR) is 61.7 cm³/mol. The summed E-state index contributed by atoms with van der Waals surface area (Å²) in [6, 6.07) is 0. The van der Waals surface area contributed by atoms with Gasteiger partial charge in [0.25, 0.3) is 0 Å². The van der Waals surface area contributed by atoms with Gasteiger partial charge in [0.2, 0.25) is 0 Å². The van der Waals surface area contributed by atoms with Crippen LogP contribution in [0.25, 0.3) is 0 Å².